The van der Waals surface area contributed by atoms with E-state index in [9.17, 15) is 0 Å². The summed E-state index contributed by atoms with van der Waals surface area (Å²) in [5, 5.41) is 0. The van der Waals surface area contributed by atoms with Crippen molar-refractivity contribution in [3.8, 4) is 0 Å². The van der Waals surface area contributed by atoms with Gasteiger partial charge in [0.15, 0.2) is 0 Å². The molecule has 1 nitrogen and oxygen atoms in total. The van der Waals surface area contributed by atoms with Crippen molar-refractivity contribution in [2.24, 2.45) is 5.92 Å². The first-order chi connectivity index (χ1) is 12.3. The van der Waals surface area contributed by atoms with Crippen molar-refractivity contribution in [1.29, 1.82) is 0 Å². The first-order valence-corrected chi connectivity index (χ1v) is 9.26. The Morgan fingerprint density at radius 1 is 0.600 bits per heavy atom. The van der Waals surface area contributed by atoms with Crippen LogP contribution in [0.15, 0.2) is 91.0 Å². The minimum atomic E-state index is 0.414. The van der Waals surface area contributed by atoms with Crippen molar-refractivity contribution in [3.63, 3.8) is 0 Å². The fourth-order valence-electron chi connectivity index (χ4n) is 4.21. The van der Waals surface area contributed by atoms with Crippen LogP contribution < -0.4 is 4.90 Å². The highest BCUT2D eigenvalue weighted by Crippen LogP contribution is 2.46. The van der Waals surface area contributed by atoms with Gasteiger partial charge < -0.3 is 4.90 Å². The summed E-state index contributed by atoms with van der Waals surface area (Å²) in [5.74, 6) is 0.704. The fourth-order valence-corrected chi connectivity index (χ4v) is 4.21. The van der Waals surface area contributed by atoms with E-state index < -0.39 is 0 Å². The topological polar surface area (TPSA) is 3.24 Å². The van der Waals surface area contributed by atoms with Crippen LogP contribution in [0.4, 0.5) is 5.69 Å². The summed E-state index contributed by atoms with van der Waals surface area (Å²) < 4.78 is 0. The summed E-state index contributed by atoms with van der Waals surface area (Å²) >= 11 is 0. The largest absolute Gasteiger partial charge is 0.357 e. The Hall–Kier alpha value is -2.54. The maximum atomic E-state index is 2.64. The van der Waals surface area contributed by atoms with Gasteiger partial charge in [0.05, 0.1) is 12.1 Å². The van der Waals surface area contributed by atoms with E-state index >= 15 is 0 Å². The SMILES string of the molecule is CC1CC(c2ccccc2)N(c2ccccc2)C(c2ccccc2)C1. The van der Waals surface area contributed by atoms with Crippen LogP contribution >= 0.6 is 0 Å². The molecule has 2 unspecified atom stereocenters. The van der Waals surface area contributed by atoms with Gasteiger partial charge in [-0.05, 0) is 42.0 Å². The predicted octanol–water partition coefficient (Wildman–Crippen LogP) is 6.41. The second kappa shape index (κ2) is 7.14. The molecule has 25 heavy (non-hydrogen) atoms. The third-order valence-corrected chi connectivity index (χ3v) is 5.35. The number of para-hydroxylation sites is 1. The Balaban J connectivity index is 1.82. The Morgan fingerprint density at radius 3 is 1.44 bits per heavy atom. The van der Waals surface area contributed by atoms with Crippen molar-refractivity contribution in [2.75, 3.05) is 4.90 Å². The summed E-state index contributed by atoms with van der Waals surface area (Å²) in [6, 6.07) is 33.7. The third kappa shape index (κ3) is 3.32. The lowest BCUT2D eigenvalue weighted by Gasteiger charge is -2.47. The molecule has 0 aliphatic carbocycles. The molecule has 1 saturated heterocycles. The number of hydrogen-bond acceptors (Lipinski definition) is 1. The van der Waals surface area contributed by atoms with Gasteiger partial charge in [0.1, 0.15) is 0 Å². The van der Waals surface area contributed by atoms with Crippen LogP contribution in [0, 0.1) is 5.92 Å². The molecule has 3 aromatic rings. The quantitative estimate of drug-likeness (QED) is 0.537. The van der Waals surface area contributed by atoms with Gasteiger partial charge in [0.25, 0.3) is 0 Å². The molecule has 0 aromatic heterocycles. The smallest absolute Gasteiger partial charge is 0.0551 e. The molecular formula is C24H25N. The molecule has 2 atom stereocenters. The van der Waals surface area contributed by atoms with E-state index in [0.29, 0.717) is 18.0 Å². The minimum absolute atomic E-state index is 0.414. The molecule has 0 N–H and O–H groups in total. The highest BCUT2D eigenvalue weighted by molar-refractivity contribution is 5.52. The van der Waals surface area contributed by atoms with E-state index in [1.165, 1.54) is 29.7 Å². The average Bonchev–Trinajstić information content (AvgIpc) is 2.69. The monoisotopic (exact) mass is 327 g/mol. The summed E-state index contributed by atoms with van der Waals surface area (Å²) in [5.41, 5.74) is 4.15. The minimum Gasteiger partial charge on any atom is -0.357 e. The standard InChI is InChI=1S/C24H25N/c1-19-17-23(20-11-5-2-6-12-20)25(22-15-9-4-10-16-22)24(18-19)21-13-7-3-8-14-21/h2-16,19,23-24H,17-18H2,1H3. The molecule has 4 rings (SSSR count). The van der Waals surface area contributed by atoms with Gasteiger partial charge in [0, 0.05) is 5.69 Å². The van der Waals surface area contributed by atoms with Crippen LogP contribution in [0.1, 0.15) is 43.0 Å². The Bertz CT molecular complexity index is 733. The molecule has 1 aliphatic heterocycles. The van der Waals surface area contributed by atoms with Gasteiger partial charge in [-0.2, -0.15) is 0 Å². The molecule has 0 spiro atoms. The average molecular weight is 327 g/mol. The molecule has 126 valence electrons. The number of rotatable bonds is 3. The van der Waals surface area contributed by atoms with E-state index in [1.54, 1.807) is 0 Å². The van der Waals surface area contributed by atoms with Gasteiger partial charge >= 0.3 is 0 Å². The van der Waals surface area contributed by atoms with Crippen molar-refractivity contribution in [1.82, 2.24) is 0 Å². The van der Waals surface area contributed by atoms with E-state index in [-0.39, 0.29) is 0 Å². The molecule has 3 aromatic carbocycles. The number of piperidine rings is 1. The van der Waals surface area contributed by atoms with Gasteiger partial charge in [-0.15, -0.1) is 0 Å². The summed E-state index contributed by atoms with van der Waals surface area (Å²) in [4.78, 5) is 2.64. The van der Waals surface area contributed by atoms with Gasteiger partial charge in [-0.1, -0.05) is 85.8 Å². The van der Waals surface area contributed by atoms with Crippen LogP contribution in [-0.2, 0) is 0 Å². The number of nitrogens with zero attached hydrogens (tertiary/aromatic N) is 1. The van der Waals surface area contributed by atoms with E-state index in [4.69, 9.17) is 0 Å². The van der Waals surface area contributed by atoms with Gasteiger partial charge in [-0.25, -0.2) is 0 Å². The second-order valence-electron chi connectivity index (χ2n) is 7.17. The molecule has 0 amide bonds. The van der Waals surface area contributed by atoms with Crippen LogP contribution in [0.25, 0.3) is 0 Å². The molecule has 1 aliphatic rings. The first-order valence-electron chi connectivity index (χ1n) is 9.26. The zero-order valence-corrected chi connectivity index (χ0v) is 14.8. The van der Waals surface area contributed by atoms with E-state index in [1.807, 2.05) is 0 Å². The normalized spacial score (nSPS) is 23.4. The lowest BCUT2D eigenvalue weighted by Crippen LogP contribution is -2.39. The van der Waals surface area contributed by atoms with Crippen molar-refractivity contribution < 1.29 is 0 Å². The number of anilines is 1. The van der Waals surface area contributed by atoms with Crippen molar-refractivity contribution in [3.05, 3.63) is 102 Å². The first kappa shape index (κ1) is 16.0. The summed E-state index contributed by atoms with van der Waals surface area (Å²) in [6.45, 7) is 2.40. The van der Waals surface area contributed by atoms with Crippen molar-refractivity contribution in [2.45, 2.75) is 31.8 Å². The molecule has 0 saturated carbocycles. The van der Waals surface area contributed by atoms with Crippen molar-refractivity contribution >= 4 is 5.69 Å². The molecule has 0 radical (unpaired) electrons. The van der Waals surface area contributed by atoms with Gasteiger partial charge in [0.2, 0.25) is 0 Å². The lowest BCUT2D eigenvalue weighted by molar-refractivity contribution is 0.309. The molecule has 0 bridgehead atoms. The molecule has 1 heterocycles. The van der Waals surface area contributed by atoms with Crippen LogP contribution in [0.5, 0.6) is 0 Å². The zero-order chi connectivity index (χ0) is 17.1. The Kier molecular flexibility index (Phi) is 4.56. The summed E-state index contributed by atoms with van der Waals surface area (Å²) in [7, 11) is 0. The predicted molar refractivity (Wildman–Crippen MR) is 106 cm³/mol. The van der Waals surface area contributed by atoms with Crippen LogP contribution in [0.3, 0.4) is 0 Å². The Labute approximate surface area is 150 Å². The lowest BCUT2D eigenvalue weighted by atomic mass is 9.81. The third-order valence-electron chi connectivity index (χ3n) is 5.35. The maximum Gasteiger partial charge on any atom is 0.0551 e. The summed E-state index contributed by atoms with van der Waals surface area (Å²) in [6.07, 6.45) is 2.39. The molecule has 1 heteroatoms. The Morgan fingerprint density at radius 2 is 1.00 bits per heavy atom. The molecular weight excluding hydrogens is 302 g/mol. The number of benzene rings is 3. The van der Waals surface area contributed by atoms with Gasteiger partial charge in [-0.3, -0.25) is 0 Å². The fraction of sp³-hybridized carbons (Fsp3) is 0.250. The van der Waals surface area contributed by atoms with E-state index in [0.717, 1.165) is 0 Å². The maximum absolute atomic E-state index is 2.64. The molecule has 1 fully saturated rings. The zero-order valence-electron chi connectivity index (χ0n) is 14.8. The number of hydrogen-bond donors (Lipinski definition) is 0. The second-order valence-corrected chi connectivity index (χ2v) is 7.17. The highest BCUT2D eigenvalue weighted by atomic mass is 15.2. The van der Waals surface area contributed by atoms with E-state index in [2.05, 4.69) is 103 Å². The van der Waals surface area contributed by atoms with Crippen LogP contribution in [0.2, 0.25) is 0 Å². The van der Waals surface area contributed by atoms with Crippen LogP contribution in [-0.4, -0.2) is 0 Å². The highest BCUT2D eigenvalue weighted by Gasteiger charge is 2.35.